The van der Waals surface area contributed by atoms with Crippen LogP contribution in [-0.4, -0.2) is 5.11 Å². The summed E-state index contributed by atoms with van der Waals surface area (Å²) in [6.45, 7) is 2.01. The Bertz CT molecular complexity index is 587. The summed E-state index contributed by atoms with van der Waals surface area (Å²) in [5.41, 5.74) is 2.88. The molecule has 19 heavy (non-hydrogen) atoms. The normalized spacial score (nSPS) is 11.6. The molecule has 96 valence electrons. The van der Waals surface area contributed by atoms with Crippen molar-refractivity contribution in [2.45, 2.75) is 11.9 Å². The second-order valence-corrected chi connectivity index (χ2v) is 5.10. The maximum atomic E-state index is 9.33. The zero-order chi connectivity index (χ0) is 13.8. The minimum absolute atomic E-state index is 0.210. The van der Waals surface area contributed by atoms with Gasteiger partial charge in [-0.05, 0) is 36.8 Å². The fourth-order valence-corrected chi connectivity index (χ4v) is 2.36. The lowest BCUT2D eigenvalue weighted by Crippen LogP contribution is -2.18. The zero-order valence-corrected chi connectivity index (χ0v) is 12.0. The number of anilines is 1. The topological polar surface area (TPSA) is 47.3 Å². The van der Waals surface area contributed by atoms with Crippen molar-refractivity contribution in [3.63, 3.8) is 0 Å². The summed E-state index contributed by atoms with van der Waals surface area (Å²) in [7, 11) is 0. The van der Waals surface area contributed by atoms with Crippen LogP contribution in [0.2, 0.25) is 0 Å². The number of nitrogens with zero attached hydrogens (tertiary/aromatic N) is 2. The molecule has 0 aliphatic carbocycles. The van der Waals surface area contributed by atoms with Crippen LogP contribution in [0.3, 0.4) is 0 Å². The van der Waals surface area contributed by atoms with E-state index < -0.39 is 0 Å². The molecule has 0 radical (unpaired) electrons. The van der Waals surface area contributed by atoms with Crippen LogP contribution in [0, 0.1) is 18.4 Å². The average Bonchev–Trinajstić information content (AvgIpc) is 2.42. The number of phenols is 1. The Morgan fingerprint density at radius 2 is 1.68 bits per heavy atom. The van der Waals surface area contributed by atoms with Crippen molar-refractivity contribution in [3.8, 4) is 11.9 Å². The van der Waals surface area contributed by atoms with E-state index in [1.807, 2.05) is 31.2 Å². The summed E-state index contributed by atoms with van der Waals surface area (Å²) in [5.74, 6) is 0.210. The molecule has 0 bridgehead atoms. The van der Waals surface area contributed by atoms with Gasteiger partial charge in [-0.1, -0.05) is 45.8 Å². The van der Waals surface area contributed by atoms with Gasteiger partial charge in [0.15, 0.2) is 6.19 Å². The molecule has 0 aromatic heterocycles. The summed E-state index contributed by atoms with van der Waals surface area (Å²) in [6, 6.07) is 14.5. The lowest BCUT2D eigenvalue weighted by molar-refractivity contribution is 0.475. The van der Waals surface area contributed by atoms with E-state index in [1.165, 1.54) is 0 Å². The molecule has 1 unspecified atom stereocenters. The molecule has 2 aromatic carbocycles. The molecule has 2 rings (SSSR count). The molecule has 0 aliphatic heterocycles. The molecule has 1 N–H and O–H groups in total. The van der Waals surface area contributed by atoms with Gasteiger partial charge in [0.2, 0.25) is 0 Å². The number of rotatable bonds is 3. The van der Waals surface area contributed by atoms with Crippen LogP contribution >= 0.6 is 15.9 Å². The van der Waals surface area contributed by atoms with E-state index in [9.17, 15) is 10.4 Å². The lowest BCUT2D eigenvalue weighted by Gasteiger charge is -2.22. The van der Waals surface area contributed by atoms with E-state index in [2.05, 4.69) is 22.1 Å². The first-order valence-corrected chi connectivity index (χ1v) is 6.72. The highest BCUT2D eigenvalue weighted by Gasteiger charge is 2.17. The third-order valence-electron chi connectivity index (χ3n) is 2.81. The van der Waals surface area contributed by atoms with Crippen LogP contribution in [0.4, 0.5) is 5.69 Å². The van der Waals surface area contributed by atoms with Gasteiger partial charge in [-0.3, -0.25) is 4.90 Å². The third-order valence-corrected chi connectivity index (χ3v) is 3.75. The minimum atomic E-state index is -0.263. The number of alkyl halides is 1. The average molecular weight is 317 g/mol. The lowest BCUT2D eigenvalue weighted by atomic mass is 10.1. The number of phenolic OH excluding ortho intramolecular Hbond substituents is 1. The summed E-state index contributed by atoms with van der Waals surface area (Å²) < 4.78 is 0. The van der Waals surface area contributed by atoms with E-state index in [0.717, 1.165) is 16.8 Å². The molecule has 1 atom stereocenters. The first-order valence-electron chi connectivity index (χ1n) is 5.80. The molecular weight excluding hydrogens is 304 g/mol. The van der Waals surface area contributed by atoms with Crippen molar-refractivity contribution in [1.29, 1.82) is 5.26 Å². The van der Waals surface area contributed by atoms with E-state index in [4.69, 9.17) is 0 Å². The first kappa shape index (κ1) is 13.4. The standard InChI is InChI=1S/C15H13BrN2O/c1-11-2-6-13(7-3-11)18(10-17)15(16)12-4-8-14(19)9-5-12/h2-9,15,19H,1H3. The molecular formula is C15H13BrN2O. The molecule has 0 heterocycles. The third kappa shape index (κ3) is 3.07. The van der Waals surface area contributed by atoms with Crippen LogP contribution in [0.5, 0.6) is 5.75 Å². The SMILES string of the molecule is Cc1ccc(N(C#N)C(Br)c2ccc(O)cc2)cc1. The van der Waals surface area contributed by atoms with Gasteiger partial charge in [-0.25, -0.2) is 0 Å². The summed E-state index contributed by atoms with van der Waals surface area (Å²) in [6.07, 6.45) is 2.17. The van der Waals surface area contributed by atoms with Crippen molar-refractivity contribution in [2.24, 2.45) is 0 Å². The van der Waals surface area contributed by atoms with E-state index in [0.29, 0.717) is 0 Å². The Hall–Kier alpha value is -1.99. The summed E-state index contributed by atoms with van der Waals surface area (Å²) in [5, 5.41) is 18.6. The fourth-order valence-electron chi connectivity index (χ4n) is 1.73. The number of aryl methyl sites for hydroxylation is 1. The maximum Gasteiger partial charge on any atom is 0.185 e. The van der Waals surface area contributed by atoms with Crippen LogP contribution in [0.1, 0.15) is 16.1 Å². The minimum Gasteiger partial charge on any atom is -0.508 e. The highest BCUT2D eigenvalue weighted by molar-refractivity contribution is 9.09. The Morgan fingerprint density at radius 1 is 1.11 bits per heavy atom. The monoisotopic (exact) mass is 316 g/mol. The predicted octanol–water partition coefficient (Wildman–Crippen LogP) is 4.08. The summed E-state index contributed by atoms with van der Waals surface area (Å²) in [4.78, 5) is 1.31. The van der Waals surface area contributed by atoms with Crippen molar-refractivity contribution >= 4 is 21.6 Å². The van der Waals surface area contributed by atoms with Crippen molar-refractivity contribution in [3.05, 3.63) is 59.7 Å². The zero-order valence-electron chi connectivity index (χ0n) is 10.4. The van der Waals surface area contributed by atoms with Gasteiger partial charge in [0, 0.05) is 0 Å². The largest absolute Gasteiger partial charge is 0.508 e. The van der Waals surface area contributed by atoms with E-state index in [1.54, 1.807) is 29.2 Å². The number of hydrogen-bond donors (Lipinski definition) is 1. The molecule has 0 spiro atoms. The number of hydrogen-bond acceptors (Lipinski definition) is 3. The molecule has 4 heteroatoms. The summed E-state index contributed by atoms with van der Waals surface area (Å²) >= 11 is 3.51. The second kappa shape index (κ2) is 5.77. The van der Waals surface area contributed by atoms with Crippen LogP contribution in [-0.2, 0) is 0 Å². The molecule has 0 fully saturated rings. The first-order chi connectivity index (χ1) is 9.11. The Kier molecular flexibility index (Phi) is 4.08. The van der Waals surface area contributed by atoms with Crippen LogP contribution in [0.15, 0.2) is 48.5 Å². The maximum absolute atomic E-state index is 9.33. The van der Waals surface area contributed by atoms with Gasteiger partial charge in [0.05, 0.1) is 5.69 Å². The van der Waals surface area contributed by atoms with Crippen LogP contribution in [0.25, 0.3) is 0 Å². The van der Waals surface area contributed by atoms with Gasteiger partial charge in [-0.15, -0.1) is 0 Å². The Labute approximate surface area is 120 Å². The van der Waals surface area contributed by atoms with E-state index in [-0.39, 0.29) is 10.7 Å². The highest BCUT2D eigenvalue weighted by Crippen LogP contribution is 2.32. The Morgan fingerprint density at radius 3 is 2.21 bits per heavy atom. The van der Waals surface area contributed by atoms with Crippen molar-refractivity contribution in [1.82, 2.24) is 0 Å². The molecule has 0 saturated heterocycles. The molecule has 0 saturated carbocycles. The molecule has 0 aliphatic rings. The van der Waals surface area contributed by atoms with Gasteiger partial charge < -0.3 is 5.11 Å². The van der Waals surface area contributed by atoms with Crippen molar-refractivity contribution < 1.29 is 5.11 Å². The highest BCUT2D eigenvalue weighted by atomic mass is 79.9. The van der Waals surface area contributed by atoms with Gasteiger partial charge in [-0.2, -0.15) is 5.26 Å². The Balaban J connectivity index is 2.29. The number of benzene rings is 2. The fraction of sp³-hybridized carbons (Fsp3) is 0.133. The second-order valence-electron chi connectivity index (χ2n) is 4.23. The quantitative estimate of drug-likeness (QED) is 0.401. The predicted molar refractivity (Wildman–Crippen MR) is 79.0 cm³/mol. The van der Waals surface area contributed by atoms with Gasteiger partial charge in [0.1, 0.15) is 10.7 Å². The molecule has 2 aromatic rings. The van der Waals surface area contributed by atoms with Gasteiger partial charge >= 0.3 is 0 Å². The smallest absolute Gasteiger partial charge is 0.185 e. The number of halogens is 1. The molecule has 0 amide bonds. The van der Waals surface area contributed by atoms with Crippen molar-refractivity contribution in [2.75, 3.05) is 4.90 Å². The van der Waals surface area contributed by atoms with Gasteiger partial charge in [0.25, 0.3) is 0 Å². The number of aromatic hydroxyl groups is 1. The number of nitriles is 1. The molecule has 3 nitrogen and oxygen atoms in total. The van der Waals surface area contributed by atoms with E-state index >= 15 is 0 Å². The van der Waals surface area contributed by atoms with Crippen LogP contribution < -0.4 is 4.90 Å².